The molecule has 158 valence electrons. The highest BCUT2D eigenvalue weighted by Crippen LogP contribution is 2.37. The summed E-state index contributed by atoms with van der Waals surface area (Å²) in [4.78, 5) is 24.6. The Kier molecular flexibility index (Phi) is 6.98. The van der Waals surface area contributed by atoms with Gasteiger partial charge in [-0.25, -0.2) is 0 Å². The monoisotopic (exact) mass is 406 g/mol. The van der Waals surface area contributed by atoms with Crippen LogP contribution in [-0.2, 0) is 11.2 Å². The van der Waals surface area contributed by atoms with Crippen LogP contribution in [0, 0.1) is 6.92 Å². The van der Waals surface area contributed by atoms with E-state index < -0.39 is 5.92 Å². The molecule has 6 nitrogen and oxygen atoms in total. The molecule has 0 spiro atoms. The summed E-state index contributed by atoms with van der Waals surface area (Å²) in [6.45, 7) is 10.0. The second-order valence-electron chi connectivity index (χ2n) is 8.15. The summed E-state index contributed by atoms with van der Waals surface area (Å²) < 4.78 is 5.44. The van der Waals surface area contributed by atoms with Crippen molar-refractivity contribution >= 4 is 5.91 Å². The average Bonchev–Trinajstić information content (AvgIpc) is 3.13. The van der Waals surface area contributed by atoms with Crippen LogP contribution < -0.4 is 0 Å². The molecule has 2 heterocycles. The van der Waals surface area contributed by atoms with Crippen molar-refractivity contribution in [2.75, 3.05) is 0 Å². The molecule has 30 heavy (non-hydrogen) atoms. The standard InChI is InChI=1S/C24H30N4O2/c1-16(2)28(17(3)4)24(29)23(20-12-9-13-25-15-20)21(19-10-7-6-8-11-19)14-22-26-18(5)27-30-22/h6-13,15-17,21,23H,14H2,1-5H3. The Morgan fingerprint density at radius 3 is 2.20 bits per heavy atom. The molecule has 3 rings (SSSR count). The molecule has 0 aliphatic heterocycles. The van der Waals surface area contributed by atoms with E-state index in [0.717, 1.165) is 11.1 Å². The van der Waals surface area contributed by atoms with Crippen molar-refractivity contribution in [2.24, 2.45) is 0 Å². The van der Waals surface area contributed by atoms with Crippen LogP contribution in [0.25, 0.3) is 0 Å². The average molecular weight is 407 g/mol. The molecule has 0 aliphatic carbocycles. The van der Waals surface area contributed by atoms with E-state index in [9.17, 15) is 4.79 Å². The first kappa shape index (κ1) is 21.7. The number of rotatable bonds is 8. The Bertz CT molecular complexity index is 930. The lowest BCUT2D eigenvalue weighted by molar-refractivity contribution is -0.137. The molecule has 0 N–H and O–H groups in total. The summed E-state index contributed by atoms with van der Waals surface area (Å²) >= 11 is 0. The van der Waals surface area contributed by atoms with E-state index in [1.807, 2.05) is 35.2 Å². The minimum absolute atomic E-state index is 0.0816. The molecule has 6 heteroatoms. The molecule has 1 aromatic carbocycles. The maximum Gasteiger partial charge on any atom is 0.231 e. The van der Waals surface area contributed by atoms with Crippen LogP contribution in [0.15, 0.2) is 59.4 Å². The zero-order chi connectivity index (χ0) is 21.7. The number of amides is 1. The molecule has 1 amide bonds. The van der Waals surface area contributed by atoms with E-state index in [4.69, 9.17) is 4.52 Å². The number of carbonyl (C=O) groups excluding carboxylic acids is 1. The van der Waals surface area contributed by atoms with Crippen LogP contribution in [0.1, 0.15) is 62.4 Å². The Morgan fingerprint density at radius 2 is 1.67 bits per heavy atom. The number of hydrogen-bond donors (Lipinski definition) is 0. The fourth-order valence-corrected chi connectivity index (χ4v) is 4.11. The van der Waals surface area contributed by atoms with Gasteiger partial charge in [-0.15, -0.1) is 0 Å². The van der Waals surface area contributed by atoms with Gasteiger partial charge in [0.2, 0.25) is 11.8 Å². The lowest BCUT2D eigenvalue weighted by atomic mass is 9.78. The van der Waals surface area contributed by atoms with Crippen LogP contribution in [0.5, 0.6) is 0 Å². The molecule has 0 bridgehead atoms. The number of pyridine rings is 1. The topological polar surface area (TPSA) is 72.1 Å². The summed E-state index contributed by atoms with van der Waals surface area (Å²) in [5.41, 5.74) is 1.95. The van der Waals surface area contributed by atoms with E-state index in [2.05, 4.69) is 55.0 Å². The van der Waals surface area contributed by atoms with Crippen LogP contribution in [-0.4, -0.2) is 38.0 Å². The fourth-order valence-electron chi connectivity index (χ4n) is 4.11. The number of carbonyl (C=O) groups is 1. The van der Waals surface area contributed by atoms with Gasteiger partial charge in [-0.1, -0.05) is 41.6 Å². The first-order chi connectivity index (χ1) is 14.4. The van der Waals surface area contributed by atoms with Crippen molar-refractivity contribution in [3.8, 4) is 0 Å². The van der Waals surface area contributed by atoms with Crippen molar-refractivity contribution in [1.82, 2.24) is 20.0 Å². The van der Waals surface area contributed by atoms with Gasteiger partial charge in [0.25, 0.3) is 0 Å². The Balaban J connectivity index is 2.12. The van der Waals surface area contributed by atoms with Gasteiger partial charge in [0, 0.05) is 36.8 Å². The molecule has 0 fully saturated rings. The first-order valence-corrected chi connectivity index (χ1v) is 10.4. The summed E-state index contributed by atoms with van der Waals surface area (Å²) in [5, 5.41) is 3.94. The smallest absolute Gasteiger partial charge is 0.231 e. The molecular weight excluding hydrogens is 376 g/mol. The molecule has 2 unspecified atom stereocenters. The Labute approximate surface area is 178 Å². The van der Waals surface area contributed by atoms with Crippen molar-refractivity contribution in [3.63, 3.8) is 0 Å². The predicted molar refractivity (Wildman–Crippen MR) is 116 cm³/mol. The molecule has 2 aromatic heterocycles. The third-order valence-electron chi connectivity index (χ3n) is 5.27. The maximum atomic E-state index is 14.0. The molecule has 0 saturated carbocycles. The Morgan fingerprint density at radius 1 is 1.00 bits per heavy atom. The molecule has 0 saturated heterocycles. The van der Waals surface area contributed by atoms with Gasteiger partial charge in [0.05, 0.1) is 5.92 Å². The zero-order valence-corrected chi connectivity index (χ0v) is 18.3. The molecule has 0 radical (unpaired) electrons. The van der Waals surface area contributed by atoms with Gasteiger partial charge in [0.15, 0.2) is 5.82 Å². The highest BCUT2D eigenvalue weighted by atomic mass is 16.5. The Hall–Kier alpha value is -3.02. The molecule has 0 aliphatic rings. The SMILES string of the molecule is Cc1noc(CC(c2ccccc2)C(C(=O)N(C(C)C)C(C)C)c2cccnc2)n1. The number of aromatic nitrogens is 3. The number of aryl methyl sites for hydroxylation is 1. The largest absolute Gasteiger partial charge is 0.339 e. The van der Waals surface area contributed by atoms with Gasteiger partial charge in [0.1, 0.15) is 0 Å². The van der Waals surface area contributed by atoms with E-state index in [1.165, 1.54) is 0 Å². The highest BCUT2D eigenvalue weighted by molar-refractivity contribution is 5.85. The lowest BCUT2D eigenvalue weighted by Gasteiger charge is -2.37. The molecular formula is C24H30N4O2. The first-order valence-electron chi connectivity index (χ1n) is 10.4. The predicted octanol–water partition coefficient (Wildman–Crippen LogP) is 4.53. The van der Waals surface area contributed by atoms with Gasteiger partial charge < -0.3 is 9.42 Å². The van der Waals surface area contributed by atoms with Gasteiger partial charge in [-0.05, 0) is 51.8 Å². The lowest BCUT2D eigenvalue weighted by Crippen LogP contribution is -2.46. The van der Waals surface area contributed by atoms with Gasteiger partial charge in [-0.2, -0.15) is 4.98 Å². The highest BCUT2D eigenvalue weighted by Gasteiger charge is 2.37. The normalized spacial score (nSPS) is 13.4. The van der Waals surface area contributed by atoms with Crippen molar-refractivity contribution in [3.05, 3.63) is 77.7 Å². The molecule has 2 atom stereocenters. The molecule has 3 aromatic rings. The number of hydrogen-bond acceptors (Lipinski definition) is 5. The van der Waals surface area contributed by atoms with Crippen LogP contribution >= 0.6 is 0 Å². The zero-order valence-electron chi connectivity index (χ0n) is 18.3. The third kappa shape index (κ3) is 4.93. The number of benzene rings is 1. The van der Waals surface area contributed by atoms with Crippen LogP contribution in [0.2, 0.25) is 0 Å². The summed E-state index contributed by atoms with van der Waals surface area (Å²) in [7, 11) is 0. The summed E-state index contributed by atoms with van der Waals surface area (Å²) in [5.74, 6) is 0.620. The quantitative estimate of drug-likeness (QED) is 0.550. The summed E-state index contributed by atoms with van der Waals surface area (Å²) in [6.07, 6.45) is 3.99. The fraction of sp³-hybridized carbons (Fsp3) is 0.417. The van der Waals surface area contributed by atoms with E-state index in [1.54, 1.807) is 19.3 Å². The summed E-state index contributed by atoms with van der Waals surface area (Å²) in [6, 6.07) is 14.1. The van der Waals surface area contributed by atoms with E-state index in [0.29, 0.717) is 18.1 Å². The second-order valence-corrected chi connectivity index (χ2v) is 8.15. The van der Waals surface area contributed by atoms with Gasteiger partial charge >= 0.3 is 0 Å². The van der Waals surface area contributed by atoms with Crippen molar-refractivity contribution in [1.29, 1.82) is 0 Å². The van der Waals surface area contributed by atoms with E-state index >= 15 is 0 Å². The minimum atomic E-state index is -0.418. The maximum absolute atomic E-state index is 14.0. The van der Waals surface area contributed by atoms with Crippen molar-refractivity contribution in [2.45, 2.75) is 65.0 Å². The third-order valence-corrected chi connectivity index (χ3v) is 5.27. The van der Waals surface area contributed by atoms with Gasteiger partial charge in [-0.3, -0.25) is 9.78 Å². The number of nitrogens with zero attached hydrogens (tertiary/aromatic N) is 4. The van der Waals surface area contributed by atoms with Crippen molar-refractivity contribution < 1.29 is 9.32 Å². The van der Waals surface area contributed by atoms with Crippen LogP contribution in [0.3, 0.4) is 0 Å². The minimum Gasteiger partial charge on any atom is -0.339 e. The van der Waals surface area contributed by atoms with E-state index in [-0.39, 0.29) is 23.9 Å². The second kappa shape index (κ2) is 9.65. The van der Waals surface area contributed by atoms with Crippen LogP contribution in [0.4, 0.5) is 0 Å².